The summed E-state index contributed by atoms with van der Waals surface area (Å²) >= 11 is 0. The van der Waals surface area contributed by atoms with Crippen molar-refractivity contribution in [1.29, 1.82) is 0 Å². The van der Waals surface area contributed by atoms with Gasteiger partial charge in [0.2, 0.25) is 0 Å². The first-order valence-corrected chi connectivity index (χ1v) is 11.7. The van der Waals surface area contributed by atoms with Gasteiger partial charge in [0.25, 0.3) is 0 Å². The van der Waals surface area contributed by atoms with Crippen molar-refractivity contribution in [3.63, 3.8) is 0 Å². The largest absolute Gasteiger partial charge is 0.457 e. The third-order valence-electron chi connectivity index (χ3n) is 6.94. The van der Waals surface area contributed by atoms with Crippen LogP contribution in [0.2, 0.25) is 0 Å². The lowest BCUT2D eigenvalue weighted by molar-refractivity contribution is -0.124. The Morgan fingerprint density at radius 2 is 1.58 bits per heavy atom. The van der Waals surface area contributed by atoms with Crippen LogP contribution in [0, 0.1) is 16.7 Å². The number of rotatable bonds is 3. The Hall–Kier alpha value is -3.08. The smallest absolute Gasteiger partial charge is 0.161 e. The van der Waals surface area contributed by atoms with E-state index in [1.807, 2.05) is 24.3 Å². The Labute approximate surface area is 195 Å². The first-order valence-electron chi connectivity index (χ1n) is 11.7. The standard InChI is InChI=1S/C28H30N2O3/c1-27(2)13-20-25(22(31)15-27)24(26-21(30-20)14-28(3,4)16-23(26)32)17-6-5-7-19(12-17)33-18-8-10-29-11-9-18/h5-12,24-25H,13-16H2,1-4H3. The number of carbonyl (C=O) groups is 2. The average Bonchev–Trinajstić information content (AvgIpc) is 2.71. The van der Waals surface area contributed by atoms with Crippen LogP contribution in [0.15, 0.2) is 65.1 Å². The zero-order chi connectivity index (χ0) is 23.4. The number of Topliss-reactive ketones (excluding diaryl/α,β-unsaturated/α-hetero) is 2. The van der Waals surface area contributed by atoms with Gasteiger partial charge in [0.15, 0.2) is 5.78 Å². The first kappa shape index (κ1) is 21.7. The number of fused-ring (bicyclic) bond motifs is 1. The minimum Gasteiger partial charge on any atom is -0.457 e. The van der Waals surface area contributed by atoms with E-state index in [0.29, 0.717) is 24.3 Å². The molecule has 2 heterocycles. The lowest BCUT2D eigenvalue weighted by atomic mass is 9.60. The normalized spacial score (nSPS) is 25.8. The van der Waals surface area contributed by atoms with Crippen LogP contribution in [0.1, 0.15) is 64.9 Å². The number of aliphatic imine (C=N–C) groups is 1. The van der Waals surface area contributed by atoms with Crippen LogP contribution in [0.25, 0.3) is 0 Å². The summed E-state index contributed by atoms with van der Waals surface area (Å²) < 4.78 is 6.05. The van der Waals surface area contributed by atoms with Crippen LogP contribution in [0.3, 0.4) is 0 Å². The van der Waals surface area contributed by atoms with Gasteiger partial charge in [-0.15, -0.1) is 0 Å². The highest BCUT2D eigenvalue weighted by Crippen LogP contribution is 2.51. The van der Waals surface area contributed by atoms with Crippen LogP contribution in [-0.2, 0) is 9.59 Å². The minimum absolute atomic E-state index is 0.116. The molecule has 1 fully saturated rings. The zero-order valence-electron chi connectivity index (χ0n) is 19.7. The van der Waals surface area contributed by atoms with Crippen LogP contribution in [-0.4, -0.2) is 22.3 Å². The predicted octanol–water partition coefficient (Wildman–Crippen LogP) is 6.06. The summed E-state index contributed by atoms with van der Waals surface area (Å²) in [6.07, 6.45) is 5.88. The molecule has 3 aliphatic rings. The van der Waals surface area contributed by atoms with E-state index in [-0.39, 0.29) is 34.2 Å². The van der Waals surface area contributed by atoms with Gasteiger partial charge >= 0.3 is 0 Å². The van der Waals surface area contributed by atoms with E-state index in [0.717, 1.165) is 35.4 Å². The van der Waals surface area contributed by atoms with Gasteiger partial charge in [-0.05, 0) is 53.5 Å². The van der Waals surface area contributed by atoms with Gasteiger partial charge in [0.1, 0.15) is 17.3 Å². The fraction of sp³-hybridized carbons (Fsp3) is 0.429. The van der Waals surface area contributed by atoms with Crippen molar-refractivity contribution in [3.05, 3.63) is 65.6 Å². The Kier molecular flexibility index (Phi) is 5.11. The van der Waals surface area contributed by atoms with Crippen molar-refractivity contribution in [3.8, 4) is 11.5 Å². The second-order valence-electron chi connectivity index (χ2n) is 11.2. The molecule has 0 saturated heterocycles. The molecule has 0 amide bonds. The molecule has 0 radical (unpaired) electrons. The molecule has 1 aromatic heterocycles. The van der Waals surface area contributed by atoms with Gasteiger partial charge in [-0.3, -0.25) is 19.6 Å². The average molecular weight is 443 g/mol. The molecule has 33 heavy (non-hydrogen) atoms. The van der Waals surface area contributed by atoms with E-state index in [9.17, 15) is 9.59 Å². The van der Waals surface area contributed by atoms with Gasteiger partial charge in [0.05, 0.1) is 5.92 Å². The van der Waals surface area contributed by atoms with Gasteiger partial charge in [-0.2, -0.15) is 0 Å². The summed E-state index contributed by atoms with van der Waals surface area (Å²) in [6.45, 7) is 8.49. The number of ether oxygens (including phenoxy) is 1. The molecule has 0 spiro atoms. The predicted molar refractivity (Wildman–Crippen MR) is 127 cm³/mol. The molecule has 2 aliphatic carbocycles. The lowest BCUT2D eigenvalue weighted by Gasteiger charge is -2.44. The topological polar surface area (TPSA) is 68.6 Å². The SMILES string of the molecule is CC1(C)CC(=O)C2C(=NC3=C(C(=O)CC(C)(C)C3)C2c2cccc(Oc3ccncc3)c2)C1. The third kappa shape index (κ3) is 4.17. The molecule has 170 valence electrons. The number of allylic oxidation sites excluding steroid dienone is 2. The molecule has 0 N–H and O–H groups in total. The number of aromatic nitrogens is 1. The molecular formula is C28H30N2O3. The summed E-state index contributed by atoms with van der Waals surface area (Å²) in [5.74, 6) is 0.988. The van der Waals surface area contributed by atoms with Crippen molar-refractivity contribution >= 4 is 17.3 Å². The highest BCUT2D eigenvalue weighted by Gasteiger charge is 2.49. The van der Waals surface area contributed by atoms with E-state index in [2.05, 4.69) is 32.7 Å². The van der Waals surface area contributed by atoms with E-state index in [1.165, 1.54) is 0 Å². The Morgan fingerprint density at radius 1 is 0.848 bits per heavy atom. The molecule has 5 rings (SSSR count). The van der Waals surface area contributed by atoms with Crippen LogP contribution in [0.5, 0.6) is 11.5 Å². The van der Waals surface area contributed by atoms with Crippen molar-refractivity contribution in [2.24, 2.45) is 21.7 Å². The van der Waals surface area contributed by atoms with E-state index < -0.39 is 0 Å². The number of carbonyl (C=O) groups excluding carboxylic acids is 2. The van der Waals surface area contributed by atoms with Crippen LogP contribution in [0.4, 0.5) is 0 Å². The molecule has 2 unspecified atom stereocenters. The summed E-state index contributed by atoms with van der Waals surface area (Å²) in [5, 5.41) is 0. The number of hydrogen-bond acceptors (Lipinski definition) is 5. The summed E-state index contributed by atoms with van der Waals surface area (Å²) in [5.41, 5.74) is 3.24. The number of ketones is 2. The van der Waals surface area contributed by atoms with Crippen LogP contribution < -0.4 is 4.74 Å². The lowest BCUT2D eigenvalue weighted by Crippen LogP contribution is -2.45. The maximum Gasteiger partial charge on any atom is 0.161 e. The molecule has 5 nitrogen and oxygen atoms in total. The maximum atomic E-state index is 13.5. The monoisotopic (exact) mass is 442 g/mol. The number of nitrogens with zero attached hydrogens (tertiary/aromatic N) is 2. The maximum absolute atomic E-state index is 13.5. The number of hydrogen-bond donors (Lipinski definition) is 0. The molecule has 1 aliphatic heterocycles. The van der Waals surface area contributed by atoms with Gasteiger partial charge in [-0.1, -0.05) is 39.8 Å². The molecule has 2 aromatic rings. The Balaban J connectivity index is 1.61. The molecular weight excluding hydrogens is 412 g/mol. The van der Waals surface area contributed by atoms with Crippen molar-refractivity contribution in [2.75, 3.05) is 0 Å². The fourth-order valence-corrected chi connectivity index (χ4v) is 5.69. The van der Waals surface area contributed by atoms with Gasteiger partial charge in [-0.25, -0.2) is 0 Å². The summed E-state index contributed by atoms with van der Waals surface area (Å²) in [7, 11) is 0. The second-order valence-corrected chi connectivity index (χ2v) is 11.2. The second kappa shape index (κ2) is 7.75. The molecule has 0 bridgehead atoms. The summed E-state index contributed by atoms with van der Waals surface area (Å²) in [4.78, 5) is 35.9. The number of pyridine rings is 1. The number of benzene rings is 1. The molecule has 2 atom stereocenters. The quantitative estimate of drug-likeness (QED) is 0.579. The van der Waals surface area contributed by atoms with Crippen LogP contribution >= 0.6 is 0 Å². The van der Waals surface area contributed by atoms with E-state index in [1.54, 1.807) is 24.5 Å². The Bertz CT molecular complexity index is 1190. The van der Waals surface area contributed by atoms with Gasteiger partial charge in [0, 0.05) is 48.1 Å². The van der Waals surface area contributed by atoms with Crippen molar-refractivity contribution in [2.45, 2.75) is 59.3 Å². The van der Waals surface area contributed by atoms with Gasteiger partial charge < -0.3 is 4.74 Å². The summed E-state index contributed by atoms with van der Waals surface area (Å²) in [6, 6.07) is 11.4. The minimum atomic E-state index is -0.377. The zero-order valence-corrected chi connectivity index (χ0v) is 19.7. The Morgan fingerprint density at radius 3 is 2.33 bits per heavy atom. The highest BCUT2D eigenvalue weighted by atomic mass is 16.5. The molecule has 5 heteroatoms. The highest BCUT2D eigenvalue weighted by molar-refractivity contribution is 6.13. The molecule has 1 aromatic carbocycles. The van der Waals surface area contributed by atoms with E-state index >= 15 is 0 Å². The third-order valence-corrected chi connectivity index (χ3v) is 6.94. The van der Waals surface area contributed by atoms with E-state index in [4.69, 9.17) is 9.73 Å². The van der Waals surface area contributed by atoms with Crippen molar-refractivity contribution in [1.82, 2.24) is 4.98 Å². The fourth-order valence-electron chi connectivity index (χ4n) is 5.69. The molecule has 1 saturated carbocycles. The first-order chi connectivity index (χ1) is 15.6. The van der Waals surface area contributed by atoms with Crippen molar-refractivity contribution < 1.29 is 14.3 Å².